The average Bonchev–Trinajstić information content (AvgIpc) is 3.33. The summed E-state index contributed by atoms with van der Waals surface area (Å²) in [5.74, 6) is 0.500. The topological polar surface area (TPSA) is 71.3 Å². The van der Waals surface area contributed by atoms with Crippen molar-refractivity contribution >= 4 is 60.8 Å². The molecule has 3 heterocycles. The van der Waals surface area contributed by atoms with Gasteiger partial charge >= 0.3 is 0 Å². The van der Waals surface area contributed by atoms with Gasteiger partial charge in [-0.15, -0.1) is 11.3 Å². The van der Waals surface area contributed by atoms with Crippen LogP contribution in [0.25, 0.3) is 10.3 Å². The maximum atomic E-state index is 9.71. The van der Waals surface area contributed by atoms with Crippen LogP contribution in [0.4, 0.5) is 11.4 Å². The molecule has 26 heavy (non-hydrogen) atoms. The van der Waals surface area contributed by atoms with Crippen molar-refractivity contribution in [1.82, 2.24) is 9.97 Å². The normalized spacial score (nSPS) is 13.0. The zero-order chi connectivity index (χ0) is 18.1. The van der Waals surface area contributed by atoms with Crippen LogP contribution >= 0.6 is 39.0 Å². The summed E-state index contributed by atoms with van der Waals surface area (Å²) in [4.78, 5) is 10.7. The molecule has 0 N–H and O–H groups in total. The first-order valence-corrected chi connectivity index (χ1v) is 10.3. The van der Waals surface area contributed by atoms with E-state index in [-0.39, 0.29) is 6.79 Å². The zero-order valence-electron chi connectivity index (χ0n) is 13.5. The highest BCUT2D eigenvalue weighted by Crippen LogP contribution is 2.44. The lowest BCUT2D eigenvalue weighted by atomic mass is 10.2. The molecule has 0 fully saturated rings. The summed E-state index contributed by atoms with van der Waals surface area (Å²) in [6.45, 7) is 0.130. The van der Waals surface area contributed by atoms with E-state index in [0.717, 1.165) is 19.2 Å². The van der Waals surface area contributed by atoms with Crippen LogP contribution in [-0.4, -0.2) is 23.0 Å². The molecular weight excluding hydrogens is 436 g/mol. The zero-order valence-corrected chi connectivity index (χ0v) is 16.7. The molecule has 1 aliphatic rings. The third kappa shape index (κ3) is 2.90. The Morgan fingerprint density at radius 3 is 2.92 bits per heavy atom. The van der Waals surface area contributed by atoms with Gasteiger partial charge in [-0.25, -0.2) is 9.97 Å². The second-order valence-corrected chi connectivity index (χ2v) is 8.05. The maximum absolute atomic E-state index is 9.71. The standard InChI is InChI=1S/C17H11BrN4O2S2/c1-25-17-21-16-15(26-17)14(10(6-19)7-20-16)22(13-8-23-9-24-13)12-5-3-2-4-11(12)18/h2-5,7-8H,9H2,1H3. The van der Waals surface area contributed by atoms with Gasteiger partial charge in [-0.3, -0.25) is 4.90 Å². The van der Waals surface area contributed by atoms with Gasteiger partial charge in [0.25, 0.3) is 0 Å². The molecule has 0 atom stereocenters. The van der Waals surface area contributed by atoms with Gasteiger partial charge < -0.3 is 9.47 Å². The first-order chi connectivity index (χ1) is 12.7. The number of thioether (sulfide) groups is 1. The van der Waals surface area contributed by atoms with E-state index < -0.39 is 0 Å². The van der Waals surface area contributed by atoms with Crippen LogP contribution < -0.4 is 4.90 Å². The minimum absolute atomic E-state index is 0.130. The van der Waals surface area contributed by atoms with Gasteiger partial charge in [0.2, 0.25) is 12.7 Å². The van der Waals surface area contributed by atoms with Gasteiger partial charge in [-0.05, 0) is 34.3 Å². The quantitative estimate of drug-likeness (QED) is 0.522. The van der Waals surface area contributed by atoms with Gasteiger partial charge in [0, 0.05) is 10.7 Å². The van der Waals surface area contributed by atoms with E-state index in [1.54, 1.807) is 24.2 Å². The summed E-state index contributed by atoms with van der Waals surface area (Å²) in [5, 5.41) is 9.71. The first kappa shape index (κ1) is 17.1. The van der Waals surface area contributed by atoms with E-state index in [4.69, 9.17) is 9.47 Å². The Balaban J connectivity index is 2.04. The number of halogens is 1. The van der Waals surface area contributed by atoms with Crippen LogP contribution in [0.5, 0.6) is 0 Å². The highest BCUT2D eigenvalue weighted by atomic mass is 79.9. The third-order valence-electron chi connectivity index (χ3n) is 3.67. The van der Waals surface area contributed by atoms with Crippen molar-refractivity contribution in [2.24, 2.45) is 0 Å². The van der Waals surface area contributed by atoms with E-state index in [2.05, 4.69) is 32.0 Å². The van der Waals surface area contributed by atoms with Crippen LogP contribution in [0.15, 0.2) is 51.4 Å². The number of hydrogen-bond donors (Lipinski definition) is 0. The number of pyridine rings is 1. The molecule has 0 aliphatic carbocycles. The molecule has 0 saturated heterocycles. The number of rotatable bonds is 4. The Hall–Kier alpha value is -2.28. The van der Waals surface area contributed by atoms with E-state index in [0.29, 0.717) is 22.8 Å². The molecule has 6 nitrogen and oxygen atoms in total. The van der Waals surface area contributed by atoms with Crippen molar-refractivity contribution in [3.63, 3.8) is 0 Å². The minimum Gasteiger partial charge on any atom is -0.459 e. The number of fused-ring (bicyclic) bond motifs is 1. The lowest BCUT2D eigenvalue weighted by Gasteiger charge is -2.26. The first-order valence-electron chi connectivity index (χ1n) is 7.45. The molecule has 2 aromatic heterocycles. The number of hydrogen-bond acceptors (Lipinski definition) is 8. The molecule has 4 rings (SSSR count). The highest BCUT2D eigenvalue weighted by molar-refractivity contribution is 9.10. The smallest absolute Gasteiger partial charge is 0.237 e. The Labute approximate surface area is 166 Å². The van der Waals surface area contributed by atoms with Crippen LogP contribution in [0.3, 0.4) is 0 Å². The van der Waals surface area contributed by atoms with Crippen LogP contribution in [0, 0.1) is 11.3 Å². The van der Waals surface area contributed by atoms with Crippen LogP contribution in [0.1, 0.15) is 5.56 Å². The fraction of sp³-hybridized carbons (Fsp3) is 0.118. The lowest BCUT2D eigenvalue weighted by molar-refractivity contribution is 0.0798. The van der Waals surface area contributed by atoms with E-state index in [1.165, 1.54) is 11.3 Å². The number of nitriles is 1. The van der Waals surface area contributed by atoms with Gasteiger partial charge in [-0.1, -0.05) is 23.9 Å². The maximum Gasteiger partial charge on any atom is 0.237 e. The molecule has 0 unspecified atom stereocenters. The molecule has 130 valence electrons. The molecule has 1 aromatic carbocycles. The van der Waals surface area contributed by atoms with Crippen molar-refractivity contribution in [3.8, 4) is 6.07 Å². The minimum atomic E-state index is 0.130. The molecule has 0 saturated carbocycles. The lowest BCUT2D eigenvalue weighted by Crippen LogP contribution is -2.19. The fourth-order valence-corrected chi connectivity index (χ4v) is 4.59. The Bertz CT molecular complexity index is 1060. The molecule has 9 heteroatoms. The fourth-order valence-electron chi connectivity index (χ4n) is 2.57. The van der Waals surface area contributed by atoms with E-state index in [9.17, 15) is 5.26 Å². The Kier molecular flexibility index (Phi) is 4.72. The molecule has 0 spiro atoms. The number of nitrogens with zero attached hydrogens (tertiary/aromatic N) is 4. The second-order valence-electron chi connectivity index (χ2n) is 5.14. The number of thiazole rings is 1. The van der Waals surface area contributed by atoms with Crippen molar-refractivity contribution in [1.29, 1.82) is 5.26 Å². The number of para-hydroxylation sites is 1. The largest absolute Gasteiger partial charge is 0.459 e. The monoisotopic (exact) mass is 446 g/mol. The average molecular weight is 447 g/mol. The van der Waals surface area contributed by atoms with Crippen molar-refractivity contribution in [2.45, 2.75) is 4.34 Å². The highest BCUT2D eigenvalue weighted by Gasteiger charge is 2.28. The summed E-state index contributed by atoms with van der Waals surface area (Å²) in [7, 11) is 0. The van der Waals surface area contributed by atoms with Gasteiger partial charge in [-0.2, -0.15) is 5.26 Å². The summed E-state index contributed by atoms with van der Waals surface area (Å²) in [6, 6.07) is 9.96. The Morgan fingerprint density at radius 2 is 2.23 bits per heavy atom. The molecule has 0 bridgehead atoms. The van der Waals surface area contributed by atoms with Crippen LogP contribution in [0.2, 0.25) is 0 Å². The number of aromatic nitrogens is 2. The van der Waals surface area contributed by atoms with Gasteiger partial charge in [0.05, 0.1) is 21.6 Å². The van der Waals surface area contributed by atoms with Gasteiger partial charge in [0.15, 0.2) is 9.99 Å². The number of ether oxygens (including phenoxy) is 2. The van der Waals surface area contributed by atoms with Gasteiger partial charge in [0.1, 0.15) is 12.3 Å². The molecule has 1 aliphatic heterocycles. The third-order valence-corrected chi connectivity index (χ3v) is 6.37. The molecule has 3 aromatic rings. The second kappa shape index (κ2) is 7.15. The van der Waals surface area contributed by atoms with E-state index >= 15 is 0 Å². The molecule has 0 radical (unpaired) electrons. The van der Waals surface area contributed by atoms with Crippen molar-refractivity contribution in [2.75, 3.05) is 17.9 Å². The molecule has 0 amide bonds. The summed E-state index contributed by atoms with van der Waals surface area (Å²) in [6.07, 6.45) is 5.05. The summed E-state index contributed by atoms with van der Waals surface area (Å²) >= 11 is 6.64. The van der Waals surface area contributed by atoms with Crippen molar-refractivity contribution in [3.05, 3.63) is 52.6 Å². The Morgan fingerprint density at radius 1 is 1.38 bits per heavy atom. The summed E-state index contributed by atoms with van der Waals surface area (Å²) in [5.41, 5.74) is 2.54. The summed E-state index contributed by atoms with van der Waals surface area (Å²) < 4.78 is 13.5. The van der Waals surface area contributed by atoms with Crippen molar-refractivity contribution < 1.29 is 9.47 Å². The molecular formula is C17H11BrN4O2S2. The van der Waals surface area contributed by atoms with E-state index in [1.807, 2.05) is 35.4 Å². The number of benzene rings is 1. The van der Waals surface area contributed by atoms with Crippen LogP contribution in [-0.2, 0) is 9.47 Å². The predicted molar refractivity (Wildman–Crippen MR) is 105 cm³/mol. The number of anilines is 2. The predicted octanol–water partition coefficient (Wildman–Crippen LogP) is 4.99. The SMILES string of the molecule is CSc1nc2ncc(C#N)c(N(C3=COCO3)c3ccccc3Br)c2s1.